The first-order chi connectivity index (χ1) is 8.70. The van der Waals surface area contributed by atoms with Crippen LogP contribution in [0.15, 0.2) is 28.5 Å². The third-order valence-corrected chi connectivity index (χ3v) is 4.84. The smallest absolute Gasteiger partial charge is 0.150 e. The standard InChI is InChI=1S/C14H19NO2S/c1-15(2)6-7-17-11-18-8-5-13-9-12(10-16)3-4-14(13)18/h3-5,8-10,18H,6-7,11H2,1-2H3. The fourth-order valence-corrected chi connectivity index (χ4v) is 3.60. The van der Waals surface area contributed by atoms with Gasteiger partial charge in [-0.3, -0.25) is 4.79 Å². The van der Waals surface area contributed by atoms with Gasteiger partial charge in [-0.05, 0) is 43.3 Å². The number of hydrogen-bond donors (Lipinski definition) is 1. The first-order valence-electron chi connectivity index (χ1n) is 5.97. The SMILES string of the molecule is CN(C)CCOC[SH]1C=Cc2cc(C=O)ccc21. The Morgan fingerprint density at radius 2 is 2.22 bits per heavy atom. The van der Waals surface area contributed by atoms with Gasteiger partial charge in [-0.15, -0.1) is 0 Å². The van der Waals surface area contributed by atoms with Gasteiger partial charge in [-0.25, -0.2) is 0 Å². The molecule has 2 rings (SSSR count). The Morgan fingerprint density at radius 3 is 2.94 bits per heavy atom. The molecule has 0 spiro atoms. The predicted molar refractivity (Wildman–Crippen MR) is 77.5 cm³/mol. The fraction of sp³-hybridized carbons (Fsp3) is 0.357. The van der Waals surface area contributed by atoms with Gasteiger partial charge in [0, 0.05) is 17.0 Å². The third-order valence-electron chi connectivity index (χ3n) is 2.84. The van der Waals surface area contributed by atoms with Crippen LogP contribution in [0.2, 0.25) is 0 Å². The molecule has 1 aliphatic heterocycles. The second-order valence-electron chi connectivity index (χ2n) is 4.56. The molecule has 1 aliphatic rings. The van der Waals surface area contributed by atoms with Crippen LogP contribution in [0, 0.1) is 0 Å². The number of benzene rings is 1. The molecule has 18 heavy (non-hydrogen) atoms. The van der Waals surface area contributed by atoms with E-state index in [-0.39, 0.29) is 10.9 Å². The van der Waals surface area contributed by atoms with Crippen LogP contribution >= 0.6 is 10.9 Å². The highest BCUT2D eigenvalue weighted by molar-refractivity contribution is 8.19. The maximum Gasteiger partial charge on any atom is 0.150 e. The summed E-state index contributed by atoms with van der Waals surface area (Å²) in [7, 11) is 3.74. The first-order valence-corrected chi connectivity index (χ1v) is 7.57. The average Bonchev–Trinajstić information content (AvgIpc) is 2.76. The number of aldehydes is 1. The Bertz CT molecular complexity index is 457. The van der Waals surface area contributed by atoms with Gasteiger partial charge in [0.15, 0.2) is 0 Å². The Labute approximate surface area is 111 Å². The summed E-state index contributed by atoms with van der Waals surface area (Å²) in [4.78, 5) is 14.1. The molecule has 1 heterocycles. The van der Waals surface area contributed by atoms with Crippen molar-refractivity contribution in [2.24, 2.45) is 0 Å². The molecule has 0 N–H and O–H groups in total. The summed E-state index contributed by atoms with van der Waals surface area (Å²) in [6, 6.07) is 5.88. The van der Waals surface area contributed by atoms with Crippen molar-refractivity contribution in [2.75, 3.05) is 33.2 Å². The molecule has 1 aromatic carbocycles. The summed E-state index contributed by atoms with van der Waals surface area (Å²) in [6.45, 7) is 1.71. The number of carbonyl (C=O) groups is 1. The molecule has 4 heteroatoms. The number of likely N-dealkylation sites (N-methyl/N-ethyl adjacent to an activating group) is 1. The molecule has 1 aromatic rings. The zero-order chi connectivity index (χ0) is 13.0. The Balaban J connectivity index is 1.91. The minimum Gasteiger partial charge on any atom is -0.371 e. The highest BCUT2D eigenvalue weighted by Gasteiger charge is 2.14. The summed E-state index contributed by atoms with van der Waals surface area (Å²) >= 11 is 0. The van der Waals surface area contributed by atoms with E-state index in [0.717, 1.165) is 30.9 Å². The van der Waals surface area contributed by atoms with Gasteiger partial charge in [0.1, 0.15) is 6.29 Å². The minimum atomic E-state index is -0.346. The number of carbonyl (C=O) groups excluding carboxylic acids is 1. The highest BCUT2D eigenvalue weighted by atomic mass is 32.2. The monoisotopic (exact) mass is 265 g/mol. The van der Waals surface area contributed by atoms with Crippen LogP contribution in [0.5, 0.6) is 0 Å². The maximum atomic E-state index is 10.7. The van der Waals surface area contributed by atoms with Crippen molar-refractivity contribution in [2.45, 2.75) is 4.90 Å². The van der Waals surface area contributed by atoms with E-state index in [4.69, 9.17) is 4.74 Å². The number of fused-ring (bicyclic) bond motifs is 1. The number of rotatable bonds is 6. The third kappa shape index (κ3) is 3.22. The predicted octanol–water partition coefficient (Wildman–Crippen LogP) is 2.38. The average molecular weight is 265 g/mol. The Morgan fingerprint density at radius 1 is 1.39 bits per heavy atom. The lowest BCUT2D eigenvalue weighted by molar-refractivity contribution is 0.112. The Kier molecular flexibility index (Phi) is 4.58. The normalized spacial score (nSPS) is 19.2. The zero-order valence-electron chi connectivity index (χ0n) is 10.8. The first kappa shape index (κ1) is 13.3. The lowest BCUT2D eigenvalue weighted by Gasteiger charge is -2.17. The van der Waals surface area contributed by atoms with E-state index in [1.807, 2.05) is 26.2 Å². The molecular weight excluding hydrogens is 246 g/mol. The van der Waals surface area contributed by atoms with E-state index in [1.54, 1.807) is 0 Å². The molecule has 0 saturated heterocycles. The Hall–Kier alpha value is -1.10. The maximum absolute atomic E-state index is 10.7. The fourth-order valence-electron chi connectivity index (χ4n) is 1.81. The molecule has 0 bridgehead atoms. The molecule has 3 nitrogen and oxygen atoms in total. The lowest BCUT2D eigenvalue weighted by atomic mass is 10.1. The lowest BCUT2D eigenvalue weighted by Crippen LogP contribution is -2.18. The largest absolute Gasteiger partial charge is 0.371 e. The molecule has 0 amide bonds. The van der Waals surface area contributed by atoms with Crippen LogP contribution in [-0.4, -0.2) is 44.4 Å². The van der Waals surface area contributed by atoms with E-state index in [1.165, 1.54) is 10.5 Å². The number of nitrogens with zero attached hydrogens (tertiary/aromatic N) is 1. The second kappa shape index (κ2) is 6.18. The van der Waals surface area contributed by atoms with E-state index in [0.29, 0.717) is 0 Å². The van der Waals surface area contributed by atoms with Gasteiger partial charge in [-0.1, -0.05) is 6.07 Å². The second-order valence-corrected chi connectivity index (χ2v) is 6.54. The van der Waals surface area contributed by atoms with Gasteiger partial charge >= 0.3 is 0 Å². The van der Waals surface area contributed by atoms with Crippen LogP contribution in [0.3, 0.4) is 0 Å². The van der Waals surface area contributed by atoms with Crippen molar-refractivity contribution in [1.29, 1.82) is 0 Å². The number of thiol groups is 1. The molecule has 98 valence electrons. The van der Waals surface area contributed by atoms with Gasteiger partial charge in [0.2, 0.25) is 0 Å². The van der Waals surface area contributed by atoms with Gasteiger partial charge in [0.25, 0.3) is 0 Å². The molecule has 1 atom stereocenters. The summed E-state index contributed by atoms with van der Waals surface area (Å²) in [6.07, 6.45) is 2.99. The van der Waals surface area contributed by atoms with Gasteiger partial charge in [-0.2, -0.15) is 10.9 Å². The van der Waals surface area contributed by atoms with Crippen molar-refractivity contribution < 1.29 is 9.53 Å². The number of ether oxygens (including phenoxy) is 1. The molecule has 0 aromatic heterocycles. The molecule has 0 aliphatic carbocycles. The van der Waals surface area contributed by atoms with Crippen LogP contribution in [-0.2, 0) is 4.74 Å². The van der Waals surface area contributed by atoms with E-state index < -0.39 is 0 Å². The van der Waals surface area contributed by atoms with Gasteiger partial charge < -0.3 is 9.64 Å². The van der Waals surface area contributed by atoms with Crippen molar-refractivity contribution in [3.63, 3.8) is 0 Å². The zero-order valence-corrected chi connectivity index (χ0v) is 11.7. The summed E-state index contributed by atoms with van der Waals surface area (Å²) in [5, 5.41) is 2.21. The number of hydrogen-bond acceptors (Lipinski definition) is 3. The molecule has 0 saturated carbocycles. The topological polar surface area (TPSA) is 29.5 Å². The van der Waals surface area contributed by atoms with Crippen molar-refractivity contribution >= 4 is 23.3 Å². The molecule has 0 radical (unpaired) electrons. The summed E-state index contributed by atoms with van der Waals surface area (Å²) < 4.78 is 5.71. The van der Waals surface area contributed by atoms with Crippen LogP contribution in [0.4, 0.5) is 0 Å². The van der Waals surface area contributed by atoms with Crippen LogP contribution < -0.4 is 0 Å². The quantitative estimate of drug-likeness (QED) is 0.486. The summed E-state index contributed by atoms with van der Waals surface area (Å²) in [5.74, 6) is 0.771. The van der Waals surface area contributed by atoms with E-state index in [2.05, 4.69) is 22.5 Å². The molecule has 1 unspecified atom stereocenters. The van der Waals surface area contributed by atoms with Gasteiger partial charge in [0.05, 0.1) is 12.5 Å². The molecule has 0 fully saturated rings. The van der Waals surface area contributed by atoms with Crippen molar-refractivity contribution in [3.8, 4) is 0 Å². The summed E-state index contributed by atoms with van der Waals surface area (Å²) in [5.41, 5.74) is 1.91. The van der Waals surface area contributed by atoms with Crippen LogP contribution in [0.25, 0.3) is 6.08 Å². The highest BCUT2D eigenvalue weighted by Crippen LogP contribution is 2.45. The van der Waals surface area contributed by atoms with Crippen molar-refractivity contribution in [3.05, 3.63) is 34.7 Å². The van der Waals surface area contributed by atoms with E-state index >= 15 is 0 Å². The minimum absolute atomic E-state index is 0.346. The van der Waals surface area contributed by atoms with Crippen LogP contribution in [0.1, 0.15) is 15.9 Å². The van der Waals surface area contributed by atoms with E-state index in [9.17, 15) is 4.79 Å². The van der Waals surface area contributed by atoms with Crippen molar-refractivity contribution in [1.82, 2.24) is 4.90 Å². The molecular formula is C14H19NO2S.